The lowest BCUT2D eigenvalue weighted by atomic mass is 10.0. The Bertz CT molecular complexity index is 2620. The van der Waals surface area contributed by atoms with E-state index >= 15 is 0 Å². The second-order valence-electron chi connectivity index (χ2n) is 13.5. The maximum Gasteiger partial charge on any atom is 0.256 e. The molecule has 3 N–H and O–H groups in total. The Morgan fingerprint density at radius 1 is 0.483 bits per heavy atom. The number of aliphatic hydroxyl groups is 1. The van der Waals surface area contributed by atoms with Gasteiger partial charge in [-0.25, -0.2) is 0 Å². The van der Waals surface area contributed by atoms with Crippen LogP contribution in [-0.2, 0) is 9.59 Å². The summed E-state index contributed by atoms with van der Waals surface area (Å²) in [4.78, 5) is 35.1. The zero-order valence-electron chi connectivity index (χ0n) is 32.0. The molecule has 0 aromatic heterocycles. The third-order valence-electron chi connectivity index (χ3n) is 9.73. The number of hydrogen-bond acceptors (Lipinski definition) is 4. The summed E-state index contributed by atoms with van der Waals surface area (Å²) in [7, 11) is 0. The molecule has 0 fully saturated rings. The minimum Gasteiger partial charge on any atom is -0.397 e. The van der Waals surface area contributed by atoms with E-state index < -0.39 is 0 Å². The number of amides is 2. The molecule has 0 saturated carbocycles. The Balaban J connectivity index is 0.000000151. The van der Waals surface area contributed by atoms with Gasteiger partial charge in [-0.05, 0) is 100.0 Å². The van der Waals surface area contributed by atoms with Crippen molar-refractivity contribution in [2.75, 3.05) is 17.2 Å². The second-order valence-corrected chi connectivity index (χ2v) is 15.4. The van der Waals surface area contributed by atoms with Crippen LogP contribution in [-0.4, -0.2) is 29.8 Å². The number of hydrogen-bond donors (Lipinski definition) is 3. The Morgan fingerprint density at radius 3 is 1.22 bits per heavy atom. The summed E-state index contributed by atoms with van der Waals surface area (Å²) < 4.78 is 1.93. The van der Waals surface area contributed by atoms with Crippen LogP contribution in [0.2, 0.25) is 0 Å². The van der Waals surface area contributed by atoms with Crippen molar-refractivity contribution in [1.29, 1.82) is 0 Å². The first kappa shape index (κ1) is 43.1. The summed E-state index contributed by atoms with van der Waals surface area (Å²) in [6, 6.07) is 54.0. The number of aldehydes is 1. The molecule has 2 aromatic carbocycles. The van der Waals surface area contributed by atoms with Crippen LogP contribution in [0.25, 0.3) is 56.7 Å². The molecule has 2 aliphatic heterocycles. The highest BCUT2D eigenvalue weighted by atomic mass is 79.9. The van der Waals surface area contributed by atoms with Gasteiger partial charge in [-0.2, -0.15) is 0 Å². The van der Waals surface area contributed by atoms with Gasteiger partial charge < -0.3 is 15.7 Å². The highest BCUT2D eigenvalue weighted by Crippen LogP contribution is 2.39. The quantitative estimate of drug-likeness (QED) is 0.122. The number of halogens is 2. The van der Waals surface area contributed by atoms with Crippen molar-refractivity contribution in [2.45, 2.75) is 14.4 Å². The van der Waals surface area contributed by atoms with E-state index in [-0.39, 0.29) is 25.8 Å². The first-order chi connectivity index (χ1) is 28.8. The molecule has 0 bridgehead atoms. The molecular weight excluding hydrogens is 876 g/mol. The van der Waals surface area contributed by atoms with Crippen molar-refractivity contribution in [3.8, 4) is 33.4 Å². The van der Waals surface area contributed by atoms with E-state index in [0.717, 1.165) is 76.7 Å². The van der Waals surface area contributed by atoms with Crippen LogP contribution in [0.5, 0.6) is 0 Å². The van der Waals surface area contributed by atoms with Crippen molar-refractivity contribution >= 4 is 84.6 Å². The Labute approximate surface area is 367 Å². The van der Waals surface area contributed by atoms with Crippen molar-refractivity contribution in [3.05, 3.63) is 201 Å². The maximum atomic E-state index is 12.3. The fraction of sp³-hybridized carbons (Fsp3) is 0.0577. The average molecular weight is 919 g/mol. The van der Waals surface area contributed by atoms with Crippen molar-refractivity contribution in [3.63, 3.8) is 0 Å². The topological polar surface area (TPSA) is 95.5 Å². The zero-order valence-corrected chi connectivity index (χ0v) is 35.1. The highest BCUT2D eigenvalue weighted by Gasteiger charge is 2.26. The summed E-state index contributed by atoms with van der Waals surface area (Å²) >= 11 is 6.94. The Hall–Kier alpha value is -6.45. The molecule has 0 unspecified atom stereocenters. The van der Waals surface area contributed by atoms with Gasteiger partial charge in [0.05, 0.1) is 0 Å². The summed E-state index contributed by atoms with van der Waals surface area (Å²) in [6.45, 7) is 1.93. The molecule has 2 amide bonds. The number of anilines is 2. The van der Waals surface area contributed by atoms with Crippen molar-refractivity contribution in [2.24, 2.45) is 0 Å². The fourth-order valence-corrected chi connectivity index (χ4v) is 7.71. The van der Waals surface area contributed by atoms with Crippen LogP contribution in [0.1, 0.15) is 47.0 Å². The number of benzene rings is 2. The normalized spacial score (nSPS) is 13.4. The number of aliphatic hydroxyl groups excluding tert-OH is 1. The van der Waals surface area contributed by atoms with E-state index in [4.69, 9.17) is 5.11 Å². The van der Waals surface area contributed by atoms with E-state index in [9.17, 15) is 14.4 Å². The molecule has 0 spiro atoms. The van der Waals surface area contributed by atoms with E-state index in [1.807, 2.05) is 127 Å². The van der Waals surface area contributed by atoms with Crippen LogP contribution >= 0.6 is 31.9 Å². The standard InChI is InChI=1S/2C19H12BrNO.C11H8O.C2H6O.CH4/c2*20-14-8-9-18-16(11-14)17(19(22)21-18)10-13-7-6-12-4-2-1-3-5-15(12)13;12-8-10-7-6-9-4-2-1-3-5-11(9)10;1-2-3;/h2*1-11H,(H,21,22);1-8H;3H,2H2,1H3;1H4/b17-10+;17-10-;;;. The maximum absolute atomic E-state index is 12.3. The highest BCUT2D eigenvalue weighted by molar-refractivity contribution is 9.10. The molecule has 298 valence electrons. The summed E-state index contributed by atoms with van der Waals surface area (Å²) in [5.74, 6) is -0.106. The molecule has 8 heteroatoms. The van der Waals surface area contributed by atoms with Crippen molar-refractivity contribution in [1.82, 2.24) is 0 Å². The van der Waals surface area contributed by atoms with E-state index in [1.54, 1.807) is 6.92 Å². The Morgan fingerprint density at radius 2 is 0.833 bits per heavy atom. The third kappa shape index (κ3) is 9.70. The lowest BCUT2D eigenvalue weighted by molar-refractivity contribution is -0.111. The van der Waals surface area contributed by atoms with Crippen LogP contribution in [0.15, 0.2) is 173 Å². The van der Waals surface area contributed by atoms with Crippen LogP contribution in [0, 0.1) is 0 Å². The van der Waals surface area contributed by atoms with E-state index in [2.05, 4.69) is 91.0 Å². The first-order valence-corrected chi connectivity index (χ1v) is 20.5. The first-order valence-electron chi connectivity index (χ1n) is 18.9. The molecule has 2 aromatic rings. The van der Waals surface area contributed by atoms with Gasteiger partial charge >= 0.3 is 0 Å². The molecule has 60 heavy (non-hydrogen) atoms. The van der Waals surface area contributed by atoms with E-state index in [0.29, 0.717) is 11.1 Å². The van der Waals surface area contributed by atoms with Crippen LogP contribution in [0.3, 0.4) is 0 Å². The molecule has 6 nitrogen and oxygen atoms in total. The largest absolute Gasteiger partial charge is 0.397 e. The van der Waals surface area contributed by atoms with Crippen LogP contribution < -0.4 is 10.6 Å². The molecule has 0 saturated heterocycles. The van der Waals surface area contributed by atoms with Crippen LogP contribution in [0.4, 0.5) is 11.4 Å². The lowest BCUT2D eigenvalue weighted by Crippen LogP contribution is -2.03. The number of nitrogens with one attached hydrogen (secondary N) is 2. The van der Waals surface area contributed by atoms with Gasteiger partial charge in [0.25, 0.3) is 11.8 Å². The second kappa shape index (κ2) is 20.0. The van der Waals surface area contributed by atoms with Gasteiger partial charge in [0.2, 0.25) is 0 Å². The minimum absolute atomic E-state index is 0. The van der Waals surface area contributed by atoms with Gasteiger partial charge in [-0.15, -0.1) is 0 Å². The molecule has 0 atom stereocenters. The lowest BCUT2D eigenvalue weighted by Gasteiger charge is -2.00. The number of fused-ring (bicyclic) bond motifs is 5. The molecule has 10 rings (SSSR count). The smallest absolute Gasteiger partial charge is 0.256 e. The summed E-state index contributed by atoms with van der Waals surface area (Å²) in [6.07, 6.45) is 4.83. The van der Waals surface area contributed by atoms with Gasteiger partial charge in [-0.3, -0.25) is 14.4 Å². The monoisotopic (exact) mass is 916 g/mol. The fourth-order valence-electron chi connectivity index (χ4n) is 6.99. The van der Waals surface area contributed by atoms with Gasteiger partial charge in [0.15, 0.2) is 6.29 Å². The SMILES string of the molecule is C.CCO.O=C1Nc2ccc(Br)cc2/C1=C/c1ccc2cccccc1-2.O=C1Nc2ccc(Br)cc2/C1=C\c1ccc2cccccc1-2.O=Cc1ccc2cccccc1-2. The van der Waals surface area contributed by atoms with Gasteiger partial charge in [-0.1, -0.05) is 167 Å². The molecule has 0 radical (unpaired) electrons. The minimum atomic E-state index is -0.0530. The van der Waals surface area contributed by atoms with E-state index in [1.165, 1.54) is 11.1 Å². The predicted octanol–water partition coefficient (Wildman–Crippen LogP) is 13.3. The number of carbonyl (C=O) groups is 3. The van der Waals surface area contributed by atoms with Gasteiger partial charge in [0.1, 0.15) is 0 Å². The number of carbonyl (C=O) groups excluding carboxylic acids is 3. The molecule has 2 heterocycles. The van der Waals surface area contributed by atoms with Crippen molar-refractivity contribution < 1.29 is 19.5 Å². The molecule has 6 aliphatic carbocycles. The molecular formula is C52H42Br2N2O4. The summed E-state index contributed by atoms with van der Waals surface area (Å²) in [5.41, 5.74) is 14.7. The third-order valence-corrected chi connectivity index (χ3v) is 10.7. The number of rotatable bonds is 3. The predicted molar refractivity (Wildman–Crippen MR) is 255 cm³/mol. The average Bonchev–Trinajstić information content (AvgIpc) is 3.92. The molecule has 8 aliphatic rings. The zero-order chi connectivity index (χ0) is 41.3. The van der Waals surface area contributed by atoms with Gasteiger partial charge in [0, 0.05) is 54.8 Å². The Kier molecular flexibility index (Phi) is 14.4. The summed E-state index contributed by atoms with van der Waals surface area (Å²) in [5, 5.41) is 13.4.